The Labute approximate surface area is 136 Å². The smallest absolute Gasteiger partial charge is 0.326 e. The molecule has 0 aliphatic rings. The van der Waals surface area contributed by atoms with Crippen molar-refractivity contribution in [1.29, 1.82) is 0 Å². The molecule has 6 heteroatoms. The van der Waals surface area contributed by atoms with Crippen LogP contribution in [0.1, 0.15) is 37.0 Å². The van der Waals surface area contributed by atoms with Crippen LogP contribution >= 0.6 is 0 Å². The zero-order valence-electron chi connectivity index (χ0n) is 13.9. The molecular formula is C17H25NO5. The average Bonchev–Trinajstić information content (AvgIpc) is 2.51. The summed E-state index contributed by atoms with van der Waals surface area (Å²) in [5.74, 6) is -0.247. The Morgan fingerprint density at radius 3 is 2.30 bits per heavy atom. The molecule has 1 atom stereocenters. The standard InChI is InChI=1S/C17H25NO5/c1-12(2)8-11-23-14-6-4-13(5-7-14)16(19)18-15(17(20)21)9-10-22-3/h4-7,12,15H,8-11H2,1-3H3,(H,18,19)(H,20,21). The van der Waals surface area contributed by atoms with Gasteiger partial charge in [0.15, 0.2) is 0 Å². The lowest BCUT2D eigenvalue weighted by Gasteiger charge is -2.14. The molecule has 0 aliphatic heterocycles. The summed E-state index contributed by atoms with van der Waals surface area (Å²) < 4.78 is 10.4. The molecule has 0 aromatic heterocycles. The van der Waals surface area contributed by atoms with E-state index in [1.54, 1.807) is 24.3 Å². The average molecular weight is 323 g/mol. The fraction of sp³-hybridized carbons (Fsp3) is 0.529. The normalized spacial score (nSPS) is 12.0. The Morgan fingerprint density at radius 2 is 1.78 bits per heavy atom. The van der Waals surface area contributed by atoms with Crippen LogP contribution in [-0.4, -0.2) is 43.3 Å². The summed E-state index contributed by atoms with van der Waals surface area (Å²) in [5.41, 5.74) is 0.393. The van der Waals surface area contributed by atoms with E-state index in [-0.39, 0.29) is 13.0 Å². The van der Waals surface area contributed by atoms with Gasteiger partial charge in [-0.15, -0.1) is 0 Å². The number of methoxy groups -OCH3 is 1. The summed E-state index contributed by atoms with van der Waals surface area (Å²) in [4.78, 5) is 23.2. The first-order valence-electron chi connectivity index (χ1n) is 7.69. The minimum Gasteiger partial charge on any atom is -0.494 e. The molecule has 1 unspecified atom stereocenters. The highest BCUT2D eigenvalue weighted by molar-refractivity contribution is 5.96. The number of carbonyl (C=O) groups is 2. The Bertz CT molecular complexity index is 498. The predicted octanol–water partition coefficient (Wildman–Crippen LogP) is 2.33. The Morgan fingerprint density at radius 1 is 1.13 bits per heavy atom. The van der Waals surface area contributed by atoms with E-state index >= 15 is 0 Å². The molecule has 0 spiro atoms. The first-order chi connectivity index (χ1) is 10.9. The van der Waals surface area contributed by atoms with E-state index in [1.165, 1.54) is 7.11 Å². The number of hydrogen-bond donors (Lipinski definition) is 2. The number of hydrogen-bond acceptors (Lipinski definition) is 4. The highest BCUT2D eigenvalue weighted by atomic mass is 16.5. The lowest BCUT2D eigenvalue weighted by Crippen LogP contribution is -2.41. The molecular weight excluding hydrogens is 298 g/mol. The van der Waals surface area contributed by atoms with Gasteiger partial charge in [0.2, 0.25) is 0 Å². The van der Waals surface area contributed by atoms with Crippen LogP contribution in [0.15, 0.2) is 24.3 Å². The minimum absolute atomic E-state index is 0.216. The fourth-order valence-electron chi connectivity index (χ4n) is 1.85. The molecule has 2 N–H and O–H groups in total. The van der Waals surface area contributed by atoms with Gasteiger partial charge in [-0.2, -0.15) is 0 Å². The van der Waals surface area contributed by atoms with Crippen molar-refractivity contribution in [2.24, 2.45) is 5.92 Å². The van der Waals surface area contributed by atoms with E-state index in [1.807, 2.05) is 0 Å². The molecule has 0 saturated carbocycles. The molecule has 0 bridgehead atoms. The third kappa shape index (κ3) is 7.15. The first-order valence-corrected chi connectivity index (χ1v) is 7.69. The van der Waals surface area contributed by atoms with Gasteiger partial charge in [0.05, 0.1) is 6.61 Å². The summed E-state index contributed by atoms with van der Waals surface area (Å²) in [5, 5.41) is 11.6. The van der Waals surface area contributed by atoms with E-state index in [9.17, 15) is 9.59 Å². The zero-order valence-corrected chi connectivity index (χ0v) is 13.9. The number of amides is 1. The maximum atomic E-state index is 12.1. The van der Waals surface area contributed by atoms with E-state index in [2.05, 4.69) is 19.2 Å². The van der Waals surface area contributed by atoms with Gasteiger partial charge in [-0.1, -0.05) is 13.8 Å². The number of aliphatic carboxylic acids is 1. The van der Waals surface area contributed by atoms with Gasteiger partial charge in [-0.05, 0) is 36.6 Å². The van der Waals surface area contributed by atoms with Gasteiger partial charge >= 0.3 is 5.97 Å². The number of nitrogens with one attached hydrogen (secondary N) is 1. The van der Waals surface area contributed by atoms with Crippen LogP contribution in [0.25, 0.3) is 0 Å². The van der Waals surface area contributed by atoms with E-state index in [0.717, 1.165) is 6.42 Å². The maximum absolute atomic E-state index is 12.1. The highest BCUT2D eigenvalue weighted by Crippen LogP contribution is 2.13. The van der Waals surface area contributed by atoms with Crippen molar-refractivity contribution in [2.45, 2.75) is 32.7 Å². The molecule has 0 fully saturated rings. The summed E-state index contributed by atoms with van der Waals surface area (Å²) >= 11 is 0. The van der Waals surface area contributed by atoms with Crippen LogP contribution in [-0.2, 0) is 9.53 Å². The number of carboxylic acid groups (broad SMARTS) is 1. The Hall–Kier alpha value is -2.08. The van der Waals surface area contributed by atoms with Crippen LogP contribution in [0.4, 0.5) is 0 Å². The van der Waals surface area contributed by atoms with Crippen molar-refractivity contribution < 1.29 is 24.2 Å². The van der Waals surface area contributed by atoms with Gasteiger partial charge in [0.25, 0.3) is 5.91 Å². The SMILES string of the molecule is COCCC(NC(=O)c1ccc(OCCC(C)C)cc1)C(=O)O. The van der Waals surface area contributed by atoms with Crippen LogP contribution in [0.3, 0.4) is 0 Å². The predicted molar refractivity (Wildman–Crippen MR) is 86.8 cm³/mol. The largest absolute Gasteiger partial charge is 0.494 e. The molecule has 6 nitrogen and oxygen atoms in total. The Kier molecular flexibility index (Phi) is 8.11. The second kappa shape index (κ2) is 9.84. The molecule has 1 aromatic carbocycles. The van der Waals surface area contributed by atoms with Gasteiger partial charge in [-0.3, -0.25) is 4.79 Å². The first kappa shape index (κ1) is 19.0. The third-order valence-electron chi connectivity index (χ3n) is 3.29. The molecule has 0 aliphatic carbocycles. The zero-order chi connectivity index (χ0) is 17.2. The second-order valence-electron chi connectivity index (χ2n) is 5.70. The number of carbonyl (C=O) groups excluding carboxylic acids is 1. The summed E-state index contributed by atoms with van der Waals surface area (Å²) in [6.45, 7) is 5.14. The maximum Gasteiger partial charge on any atom is 0.326 e. The molecule has 1 aromatic rings. The molecule has 0 radical (unpaired) electrons. The number of benzene rings is 1. The fourth-order valence-corrected chi connectivity index (χ4v) is 1.85. The highest BCUT2D eigenvalue weighted by Gasteiger charge is 2.20. The summed E-state index contributed by atoms with van der Waals surface area (Å²) in [6, 6.07) is 5.69. The van der Waals surface area contributed by atoms with Crippen molar-refractivity contribution in [3.8, 4) is 5.75 Å². The van der Waals surface area contributed by atoms with Crippen LogP contribution in [0, 0.1) is 5.92 Å². The van der Waals surface area contributed by atoms with E-state index in [4.69, 9.17) is 14.6 Å². The molecule has 1 amide bonds. The van der Waals surface area contributed by atoms with Crippen LogP contribution in [0.5, 0.6) is 5.75 Å². The lowest BCUT2D eigenvalue weighted by molar-refractivity contribution is -0.139. The second-order valence-corrected chi connectivity index (χ2v) is 5.70. The van der Waals surface area contributed by atoms with Gasteiger partial charge in [-0.25, -0.2) is 4.79 Å². The van der Waals surface area contributed by atoms with Crippen molar-refractivity contribution >= 4 is 11.9 Å². The minimum atomic E-state index is -1.08. The summed E-state index contributed by atoms with van der Waals surface area (Å²) in [6.07, 6.45) is 1.18. The molecule has 0 saturated heterocycles. The molecule has 128 valence electrons. The number of rotatable bonds is 10. The van der Waals surface area contributed by atoms with Crippen molar-refractivity contribution in [2.75, 3.05) is 20.3 Å². The monoisotopic (exact) mass is 323 g/mol. The van der Waals surface area contributed by atoms with E-state index in [0.29, 0.717) is 23.8 Å². The van der Waals surface area contributed by atoms with Gasteiger partial charge in [0.1, 0.15) is 11.8 Å². The third-order valence-corrected chi connectivity index (χ3v) is 3.29. The topological polar surface area (TPSA) is 84.9 Å². The van der Waals surface area contributed by atoms with Crippen LogP contribution in [0.2, 0.25) is 0 Å². The Balaban J connectivity index is 2.57. The molecule has 0 heterocycles. The number of carboxylic acids is 1. The van der Waals surface area contributed by atoms with Crippen LogP contribution < -0.4 is 10.1 Å². The van der Waals surface area contributed by atoms with Gasteiger partial charge in [0, 0.05) is 25.7 Å². The lowest BCUT2D eigenvalue weighted by atomic mass is 10.1. The summed E-state index contributed by atoms with van der Waals surface area (Å²) in [7, 11) is 1.48. The molecule has 1 rings (SSSR count). The van der Waals surface area contributed by atoms with E-state index < -0.39 is 17.9 Å². The van der Waals surface area contributed by atoms with Crippen molar-refractivity contribution in [3.63, 3.8) is 0 Å². The van der Waals surface area contributed by atoms with Gasteiger partial charge < -0.3 is 19.9 Å². The quantitative estimate of drug-likeness (QED) is 0.690. The van der Waals surface area contributed by atoms with Crippen molar-refractivity contribution in [1.82, 2.24) is 5.32 Å². The number of ether oxygens (including phenoxy) is 2. The van der Waals surface area contributed by atoms with Crippen molar-refractivity contribution in [3.05, 3.63) is 29.8 Å². The molecule has 23 heavy (non-hydrogen) atoms.